The van der Waals surface area contributed by atoms with Crippen LogP contribution in [0.3, 0.4) is 0 Å². The second kappa shape index (κ2) is 8.53. The van der Waals surface area contributed by atoms with E-state index < -0.39 is 0 Å². The fourth-order valence-electron chi connectivity index (χ4n) is 6.62. The lowest BCUT2D eigenvalue weighted by atomic mass is 9.32. The fourth-order valence-corrected chi connectivity index (χ4v) is 6.62. The SMILES string of the molecule is CC1=CC2=C(CC1)N(c1ccc(C)cc1)c1cc(C)cc3c1B2c1cc(C)ccc1N3c1ccc(C)cc1. The summed E-state index contributed by atoms with van der Waals surface area (Å²) in [6.45, 7) is 11.3. The first kappa shape index (κ1) is 23.2. The molecule has 0 saturated carbocycles. The molecule has 0 amide bonds. The van der Waals surface area contributed by atoms with E-state index in [9.17, 15) is 0 Å². The van der Waals surface area contributed by atoms with Gasteiger partial charge in [-0.15, -0.1) is 0 Å². The maximum absolute atomic E-state index is 2.56. The quantitative estimate of drug-likeness (QED) is 0.262. The highest BCUT2D eigenvalue weighted by Gasteiger charge is 2.44. The maximum Gasteiger partial charge on any atom is 0.251 e. The number of aryl methyl sites for hydroxylation is 4. The van der Waals surface area contributed by atoms with Crippen LogP contribution in [-0.4, -0.2) is 6.71 Å². The predicted octanol–water partition coefficient (Wildman–Crippen LogP) is 8.00. The van der Waals surface area contributed by atoms with Crippen LogP contribution < -0.4 is 20.7 Å². The molecule has 186 valence electrons. The van der Waals surface area contributed by atoms with Gasteiger partial charge >= 0.3 is 0 Å². The zero-order valence-electron chi connectivity index (χ0n) is 23.0. The minimum Gasteiger partial charge on any atom is -0.315 e. The van der Waals surface area contributed by atoms with E-state index in [0.29, 0.717) is 0 Å². The van der Waals surface area contributed by atoms with Crippen LogP contribution in [0.5, 0.6) is 0 Å². The van der Waals surface area contributed by atoms with Crippen molar-refractivity contribution >= 4 is 46.1 Å². The summed E-state index contributed by atoms with van der Waals surface area (Å²) < 4.78 is 0. The second-order valence-electron chi connectivity index (χ2n) is 11.4. The zero-order valence-corrected chi connectivity index (χ0v) is 23.0. The fraction of sp³-hybridized carbons (Fsp3) is 0.200. The average molecular weight is 492 g/mol. The number of hydrogen-bond donors (Lipinski definition) is 0. The van der Waals surface area contributed by atoms with E-state index in [-0.39, 0.29) is 6.71 Å². The monoisotopic (exact) mass is 492 g/mol. The standard InChI is InChI=1S/C35H33BN2/c1-22-6-12-27(13-7-22)37-31-16-10-24(3)18-29(31)36-30-19-25(4)11-17-32(30)38(28-14-8-23(2)9-15-28)34-21-26(5)20-33(37)35(34)36/h6-10,12-16,18-21H,11,17H2,1-5H3. The Morgan fingerprint density at radius 1 is 0.553 bits per heavy atom. The Bertz CT molecular complexity index is 1660. The third-order valence-electron chi connectivity index (χ3n) is 8.44. The van der Waals surface area contributed by atoms with Crippen molar-refractivity contribution in [1.82, 2.24) is 0 Å². The lowest BCUT2D eigenvalue weighted by Gasteiger charge is -2.46. The van der Waals surface area contributed by atoms with Gasteiger partial charge in [0, 0.05) is 34.1 Å². The highest BCUT2D eigenvalue weighted by atomic mass is 15.2. The summed E-state index contributed by atoms with van der Waals surface area (Å²) in [5, 5.41) is 0. The van der Waals surface area contributed by atoms with Gasteiger partial charge in [-0.1, -0.05) is 64.7 Å². The Labute approximate surface area is 227 Å². The molecule has 0 saturated heterocycles. The number of fused-ring (bicyclic) bond motifs is 3. The highest BCUT2D eigenvalue weighted by molar-refractivity contribution is 6.95. The smallest absolute Gasteiger partial charge is 0.251 e. The Morgan fingerprint density at radius 3 is 1.79 bits per heavy atom. The van der Waals surface area contributed by atoms with Crippen LogP contribution in [0.15, 0.2) is 102 Å². The third-order valence-corrected chi connectivity index (χ3v) is 8.44. The molecule has 0 N–H and O–H groups in total. The van der Waals surface area contributed by atoms with E-state index in [1.807, 2.05) is 0 Å². The summed E-state index contributed by atoms with van der Waals surface area (Å²) >= 11 is 0. The van der Waals surface area contributed by atoms with E-state index in [4.69, 9.17) is 0 Å². The predicted molar refractivity (Wildman–Crippen MR) is 164 cm³/mol. The Balaban J connectivity index is 1.58. The van der Waals surface area contributed by atoms with E-state index in [0.717, 1.165) is 12.8 Å². The molecule has 0 unspecified atom stereocenters. The van der Waals surface area contributed by atoms with Gasteiger partial charge < -0.3 is 9.80 Å². The molecule has 1 aliphatic carbocycles. The molecular formula is C35H33BN2. The number of rotatable bonds is 2. The molecule has 3 aliphatic rings. The maximum atomic E-state index is 2.56. The lowest BCUT2D eigenvalue weighted by molar-refractivity contribution is 0.866. The van der Waals surface area contributed by atoms with Crippen LogP contribution in [0.2, 0.25) is 0 Å². The van der Waals surface area contributed by atoms with Gasteiger partial charge in [0.25, 0.3) is 6.71 Å². The Hall–Kier alpha value is -3.98. The summed E-state index contributed by atoms with van der Waals surface area (Å²) in [6.07, 6.45) is 4.66. The van der Waals surface area contributed by atoms with Gasteiger partial charge in [-0.25, -0.2) is 0 Å². The Morgan fingerprint density at radius 2 is 1.13 bits per heavy atom. The highest BCUT2D eigenvalue weighted by Crippen LogP contribution is 2.47. The van der Waals surface area contributed by atoms with Gasteiger partial charge in [0.2, 0.25) is 0 Å². The van der Waals surface area contributed by atoms with Crippen LogP contribution >= 0.6 is 0 Å². The molecule has 2 aliphatic heterocycles. The van der Waals surface area contributed by atoms with Crippen LogP contribution in [0, 0.1) is 27.7 Å². The molecule has 4 aromatic carbocycles. The molecule has 2 nitrogen and oxygen atoms in total. The van der Waals surface area contributed by atoms with Crippen LogP contribution in [0.1, 0.15) is 42.0 Å². The summed E-state index contributed by atoms with van der Waals surface area (Å²) in [6, 6.07) is 29.9. The largest absolute Gasteiger partial charge is 0.315 e. The van der Waals surface area contributed by atoms with Gasteiger partial charge in [-0.05, 0) is 112 Å². The van der Waals surface area contributed by atoms with Crippen LogP contribution in [0.25, 0.3) is 0 Å². The zero-order chi connectivity index (χ0) is 26.1. The molecule has 0 fully saturated rings. The van der Waals surface area contributed by atoms with Gasteiger partial charge in [-0.3, -0.25) is 0 Å². The van der Waals surface area contributed by atoms with E-state index in [1.54, 1.807) is 0 Å². The molecule has 4 aromatic rings. The molecule has 0 bridgehead atoms. The van der Waals surface area contributed by atoms with Crippen molar-refractivity contribution in [2.45, 2.75) is 47.5 Å². The number of anilines is 5. The van der Waals surface area contributed by atoms with Crippen LogP contribution in [0.4, 0.5) is 28.4 Å². The average Bonchev–Trinajstić information content (AvgIpc) is 2.90. The van der Waals surface area contributed by atoms with Crippen LogP contribution in [-0.2, 0) is 0 Å². The summed E-state index contributed by atoms with van der Waals surface area (Å²) in [5.74, 6) is 0. The summed E-state index contributed by atoms with van der Waals surface area (Å²) in [4.78, 5) is 5.06. The summed E-state index contributed by atoms with van der Waals surface area (Å²) in [5.41, 5.74) is 18.7. The van der Waals surface area contributed by atoms with E-state index >= 15 is 0 Å². The molecule has 0 radical (unpaired) electrons. The molecule has 0 atom stereocenters. The van der Waals surface area contributed by atoms with Crippen molar-refractivity contribution < 1.29 is 0 Å². The molecule has 7 rings (SSSR count). The van der Waals surface area contributed by atoms with E-state index in [2.05, 4.69) is 129 Å². The van der Waals surface area contributed by atoms with E-state index in [1.165, 1.54) is 78.4 Å². The first-order valence-electron chi connectivity index (χ1n) is 13.8. The number of nitrogens with zero attached hydrogens (tertiary/aromatic N) is 2. The molecule has 0 aromatic heterocycles. The van der Waals surface area contributed by atoms with Crippen molar-refractivity contribution in [1.29, 1.82) is 0 Å². The molecule has 38 heavy (non-hydrogen) atoms. The van der Waals surface area contributed by atoms with Gasteiger partial charge in [0.15, 0.2) is 0 Å². The first-order valence-corrected chi connectivity index (χ1v) is 13.8. The lowest BCUT2D eigenvalue weighted by Crippen LogP contribution is -2.56. The summed E-state index contributed by atoms with van der Waals surface area (Å²) in [7, 11) is 0. The third kappa shape index (κ3) is 3.49. The van der Waals surface area contributed by atoms with Crippen molar-refractivity contribution in [3.8, 4) is 0 Å². The topological polar surface area (TPSA) is 6.48 Å². The number of allylic oxidation sites excluding steroid dienone is 4. The molecule has 2 heterocycles. The second-order valence-corrected chi connectivity index (χ2v) is 11.4. The molecule has 0 spiro atoms. The van der Waals surface area contributed by atoms with Crippen molar-refractivity contribution in [2.24, 2.45) is 0 Å². The first-order chi connectivity index (χ1) is 18.4. The minimum absolute atomic E-state index is 0.226. The van der Waals surface area contributed by atoms with Gasteiger partial charge in [0.05, 0.1) is 0 Å². The number of hydrogen-bond acceptors (Lipinski definition) is 2. The minimum atomic E-state index is 0.226. The normalized spacial score (nSPS) is 15.7. The number of benzene rings is 4. The molecule has 3 heteroatoms. The van der Waals surface area contributed by atoms with Crippen molar-refractivity contribution in [3.05, 3.63) is 124 Å². The van der Waals surface area contributed by atoms with Crippen molar-refractivity contribution in [2.75, 3.05) is 9.80 Å². The van der Waals surface area contributed by atoms with Gasteiger partial charge in [-0.2, -0.15) is 0 Å². The van der Waals surface area contributed by atoms with Crippen molar-refractivity contribution in [3.63, 3.8) is 0 Å². The Kier molecular flexibility index (Phi) is 5.20. The molecular weight excluding hydrogens is 459 g/mol. The van der Waals surface area contributed by atoms with Gasteiger partial charge in [0.1, 0.15) is 0 Å².